The summed E-state index contributed by atoms with van der Waals surface area (Å²) in [6, 6.07) is 14.8. The van der Waals surface area contributed by atoms with Gasteiger partial charge in [-0.2, -0.15) is 15.1 Å². The molecule has 15 nitrogen and oxygen atoms in total. The third-order valence-electron chi connectivity index (χ3n) is 17.4. The number of hydrogen-bond donors (Lipinski definition) is 1. The lowest BCUT2D eigenvalue weighted by Gasteiger charge is -2.32. The van der Waals surface area contributed by atoms with Crippen molar-refractivity contribution in [2.75, 3.05) is 82.5 Å². The van der Waals surface area contributed by atoms with Crippen LogP contribution < -0.4 is 19.9 Å². The number of carbonyl (C=O) groups is 2. The molecule has 6 aromatic rings. The fraction of sp³-hybridized carbons (Fsp3) is 0.516. The molecule has 424 valence electrons. The molecule has 7 aliphatic rings. The molecule has 6 saturated heterocycles. The van der Waals surface area contributed by atoms with Gasteiger partial charge in [0.25, 0.3) is 0 Å². The molecule has 6 fully saturated rings. The Balaban J connectivity index is 0.000000163. The SMILES string of the molecule is C.C#Cc1c(F)ccc2cccc(-c3nc4c5c(nc(OCC67CCCN6CCC7)nc5c3F)N3CCCOCC3CC4)c12.C=C1CCC(c2nn(C)c3cc(N4CCCC(F)C4)ccc23)C(=O)N1.COC(=O)N1CCC(C)CC1. The standard InChI is InChI=1S/C34H33F2N5O2.C19H23FN4O.C8H15NO2.CH4/c1-2-23-25(35)11-9-21-7-3-8-24(27(21)23)30-29(36)31-28-26(37-30)12-10-22-19-42-18-6-17-41(22)32(28)39-33(38-31)43-20-34-13-4-15-40(34)16-5-14-34;1-12-5-7-16(19(25)21-12)18-15-8-6-14(10-17(15)23(2)22-18)24-9-3-4-13(20)11-24;1-7-3-5-9(6-4-7)8(10)11-2;/h1,3,7-9,11,22H,4-6,10,12-20H2;6,8,10,13,16H,1,3-5,7,9,11H2,2H3,(H,21,25);7H,3-6H2,1-2H3;1H4. The van der Waals surface area contributed by atoms with Crippen molar-refractivity contribution in [1.82, 2.24) is 39.8 Å². The van der Waals surface area contributed by atoms with Gasteiger partial charge in [0.1, 0.15) is 35.6 Å². The molecule has 0 bridgehead atoms. The number of aromatic nitrogens is 5. The summed E-state index contributed by atoms with van der Waals surface area (Å²) in [6.45, 7) is 13.7. The van der Waals surface area contributed by atoms with Crippen LogP contribution in [0.3, 0.4) is 0 Å². The number of amides is 2. The van der Waals surface area contributed by atoms with Gasteiger partial charge in [-0.3, -0.25) is 14.4 Å². The fourth-order valence-corrected chi connectivity index (χ4v) is 13.1. The Morgan fingerprint density at radius 3 is 2.49 bits per heavy atom. The van der Waals surface area contributed by atoms with Crippen LogP contribution in [0.5, 0.6) is 6.01 Å². The summed E-state index contributed by atoms with van der Waals surface area (Å²) >= 11 is 0. The van der Waals surface area contributed by atoms with Crippen LogP contribution in [0.25, 0.3) is 43.8 Å². The first-order valence-corrected chi connectivity index (χ1v) is 28.3. The summed E-state index contributed by atoms with van der Waals surface area (Å²) in [5.41, 5.74) is 5.11. The van der Waals surface area contributed by atoms with Crippen LogP contribution >= 0.6 is 0 Å². The van der Waals surface area contributed by atoms with Gasteiger partial charge in [0.2, 0.25) is 5.91 Å². The number of nitrogens with one attached hydrogen (secondary N) is 1. The highest BCUT2D eigenvalue weighted by Gasteiger charge is 2.45. The lowest BCUT2D eigenvalue weighted by molar-refractivity contribution is -0.122. The van der Waals surface area contributed by atoms with Gasteiger partial charge in [-0.1, -0.05) is 51.1 Å². The van der Waals surface area contributed by atoms with Crippen molar-refractivity contribution < 1.29 is 37.0 Å². The number of aryl methyl sites for hydroxylation is 2. The van der Waals surface area contributed by atoms with Crippen LogP contribution in [0.4, 0.5) is 29.5 Å². The zero-order chi connectivity index (χ0) is 55.0. The molecule has 2 amide bonds. The summed E-state index contributed by atoms with van der Waals surface area (Å²) in [4.78, 5) is 46.5. The van der Waals surface area contributed by atoms with Crippen molar-refractivity contribution in [2.24, 2.45) is 13.0 Å². The molecule has 18 heteroatoms. The monoisotopic (exact) mass is 1100 g/mol. The van der Waals surface area contributed by atoms with Crippen molar-refractivity contribution in [3.8, 4) is 29.6 Å². The number of rotatable bonds is 6. The minimum atomic E-state index is -0.759. The number of hydrogen-bond acceptors (Lipinski definition) is 12. The van der Waals surface area contributed by atoms with Crippen LogP contribution in [-0.2, 0) is 27.7 Å². The number of methoxy groups -OCH3 is 1. The Hall–Kier alpha value is -6.97. The Kier molecular flexibility index (Phi) is 16.9. The van der Waals surface area contributed by atoms with Crippen LogP contribution in [0.15, 0.2) is 60.8 Å². The summed E-state index contributed by atoms with van der Waals surface area (Å²) in [6.07, 6.45) is 16.8. The Morgan fingerprint density at radius 2 is 1.74 bits per heavy atom. The third kappa shape index (κ3) is 11.1. The summed E-state index contributed by atoms with van der Waals surface area (Å²) in [5.74, 6) is 2.51. The number of likely N-dealkylation sites (tertiary alicyclic amines) is 1. The highest BCUT2D eigenvalue weighted by Crippen LogP contribution is 2.43. The molecule has 3 aromatic heterocycles. The molecule has 7 aliphatic heterocycles. The average Bonchev–Trinajstić information content (AvgIpc) is 4.06. The summed E-state index contributed by atoms with van der Waals surface area (Å²) < 4.78 is 64.3. The van der Waals surface area contributed by atoms with E-state index in [2.05, 4.69) is 55.3 Å². The minimum absolute atomic E-state index is 0. The normalized spacial score (nSPS) is 21.9. The number of pyridine rings is 1. The number of piperidine rings is 3. The first kappa shape index (κ1) is 56.3. The van der Waals surface area contributed by atoms with Gasteiger partial charge in [0, 0.05) is 74.1 Å². The minimum Gasteiger partial charge on any atom is -0.461 e. The van der Waals surface area contributed by atoms with Crippen molar-refractivity contribution in [1.29, 1.82) is 0 Å². The van der Waals surface area contributed by atoms with Crippen LogP contribution in [-0.4, -0.2) is 137 Å². The maximum atomic E-state index is 16.9. The second-order valence-corrected chi connectivity index (χ2v) is 22.5. The van der Waals surface area contributed by atoms with Crippen LogP contribution in [0, 0.1) is 29.9 Å². The molecule has 13 rings (SSSR count). The summed E-state index contributed by atoms with van der Waals surface area (Å²) in [7, 11) is 3.32. The molecular weight excluding hydrogens is 1020 g/mol. The van der Waals surface area contributed by atoms with E-state index in [9.17, 15) is 18.4 Å². The van der Waals surface area contributed by atoms with E-state index in [1.807, 2.05) is 36.0 Å². The number of alkyl halides is 1. The maximum Gasteiger partial charge on any atom is 0.409 e. The molecule has 80 heavy (non-hydrogen) atoms. The Morgan fingerprint density at radius 1 is 0.938 bits per heavy atom. The molecular formula is C62H75F3N10O5. The molecule has 10 heterocycles. The topological polar surface area (TPSA) is 143 Å². The van der Waals surface area contributed by atoms with Crippen LogP contribution in [0.2, 0.25) is 0 Å². The van der Waals surface area contributed by atoms with E-state index in [-0.39, 0.29) is 59.7 Å². The van der Waals surface area contributed by atoms with Crippen molar-refractivity contribution in [2.45, 2.75) is 121 Å². The van der Waals surface area contributed by atoms with Gasteiger partial charge in [0.15, 0.2) is 5.82 Å². The predicted molar refractivity (Wildman–Crippen MR) is 307 cm³/mol. The second-order valence-electron chi connectivity index (χ2n) is 22.5. The molecule has 0 radical (unpaired) electrons. The first-order chi connectivity index (χ1) is 38.3. The van der Waals surface area contributed by atoms with E-state index in [1.165, 1.54) is 13.2 Å². The van der Waals surface area contributed by atoms with Gasteiger partial charge < -0.3 is 34.2 Å². The smallest absolute Gasteiger partial charge is 0.409 e. The highest BCUT2D eigenvalue weighted by molar-refractivity contribution is 6.03. The molecule has 3 unspecified atom stereocenters. The van der Waals surface area contributed by atoms with E-state index < -0.39 is 17.8 Å². The summed E-state index contributed by atoms with van der Waals surface area (Å²) in [5, 5.41) is 10.2. The molecule has 1 N–H and O–H groups in total. The lowest BCUT2D eigenvalue weighted by Crippen LogP contribution is -2.43. The van der Waals surface area contributed by atoms with E-state index >= 15 is 4.39 Å². The van der Waals surface area contributed by atoms with Gasteiger partial charge in [0.05, 0.1) is 59.1 Å². The number of halogens is 3. The quantitative estimate of drug-likeness (QED) is 0.159. The fourth-order valence-electron chi connectivity index (χ4n) is 13.1. The average molecular weight is 1100 g/mol. The first-order valence-electron chi connectivity index (χ1n) is 28.3. The van der Waals surface area contributed by atoms with Gasteiger partial charge in [-0.05, 0) is 132 Å². The third-order valence-corrected chi connectivity index (χ3v) is 17.4. The van der Waals surface area contributed by atoms with Gasteiger partial charge in [-0.25, -0.2) is 22.9 Å². The number of fused-ring (bicyclic) bond motifs is 5. The number of ether oxygens (including phenoxy) is 3. The predicted octanol–water partition coefficient (Wildman–Crippen LogP) is 10.8. The Bertz CT molecular complexity index is 3330. The lowest BCUT2D eigenvalue weighted by atomic mass is 9.92. The number of allylic oxidation sites excluding steroid dienone is 1. The zero-order valence-electron chi connectivity index (χ0n) is 45.7. The van der Waals surface area contributed by atoms with Gasteiger partial charge >= 0.3 is 12.1 Å². The maximum absolute atomic E-state index is 16.9. The van der Waals surface area contributed by atoms with Gasteiger partial charge in [-0.15, -0.1) is 6.42 Å². The molecule has 0 spiro atoms. The largest absolute Gasteiger partial charge is 0.461 e. The molecule has 0 aliphatic carbocycles. The second kappa shape index (κ2) is 24.0. The number of nitrogens with zero attached hydrogens (tertiary/aromatic N) is 9. The van der Waals surface area contributed by atoms with E-state index in [0.717, 1.165) is 144 Å². The molecule has 0 saturated carbocycles. The number of anilines is 2. The molecule has 3 atom stereocenters. The highest BCUT2D eigenvalue weighted by atomic mass is 19.1. The van der Waals surface area contributed by atoms with E-state index in [1.54, 1.807) is 17.0 Å². The van der Waals surface area contributed by atoms with Crippen molar-refractivity contribution in [3.63, 3.8) is 0 Å². The molecule has 3 aromatic carbocycles. The number of carbonyl (C=O) groups excluding carboxylic acids is 2. The number of terminal acetylenes is 1. The van der Waals surface area contributed by atoms with Crippen molar-refractivity contribution >= 4 is 56.1 Å². The van der Waals surface area contributed by atoms with Crippen LogP contribution in [0.1, 0.15) is 114 Å². The number of benzene rings is 3. The van der Waals surface area contributed by atoms with Crippen molar-refractivity contribution in [3.05, 3.63) is 89.4 Å². The van der Waals surface area contributed by atoms with E-state index in [0.29, 0.717) is 72.4 Å². The van der Waals surface area contributed by atoms with E-state index in [4.69, 9.17) is 30.8 Å². The Labute approximate surface area is 467 Å². The zero-order valence-corrected chi connectivity index (χ0v) is 45.7.